The molecule has 2 aromatic rings. The number of nitrogens with zero attached hydrogens (tertiary/aromatic N) is 2. The summed E-state index contributed by atoms with van der Waals surface area (Å²) in [4.78, 5) is 29.6. The molecule has 0 aliphatic rings. The van der Waals surface area contributed by atoms with Crippen molar-refractivity contribution in [3.8, 4) is 0 Å². The summed E-state index contributed by atoms with van der Waals surface area (Å²) in [6, 6.07) is 15.6. The van der Waals surface area contributed by atoms with Crippen molar-refractivity contribution in [2.75, 3.05) is 50.1 Å². The Kier molecular flexibility index (Phi) is 18.8. The van der Waals surface area contributed by atoms with Crippen LogP contribution in [-0.2, 0) is 6.42 Å². The highest BCUT2D eigenvalue weighted by molar-refractivity contribution is 5.89. The van der Waals surface area contributed by atoms with E-state index in [1.54, 1.807) is 0 Å². The molecule has 0 bridgehead atoms. The van der Waals surface area contributed by atoms with Gasteiger partial charge in [0.1, 0.15) is 0 Å². The molecule has 240 valence electrons. The van der Waals surface area contributed by atoms with Crippen molar-refractivity contribution in [2.45, 2.75) is 98.3 Å². The number of carbonyl (C=O) groups excluding carboxylic acids is 2. The number of amides is 4. The maximum Gasteiger partial charge on any atom is 0.320 e. The zero-order chi connectivity index (χ0) is 31.1. The summed E-state index contributed by atoms with van der Waals surface area (Å²) in [7, 11) is 0. The lowest BCUT2D eigenvalue weighted by Gasteiger charge is -2.22. The molecule has 4 amide bonds. The predicted molar refractivity (Wildman–Crippen MR) is 182 cm³/mol. The SMILES string of the molecule is CCCCCN(CCCC)CNC(=O)Nc1ccc(Cc2ccc(NC(=O)NCN(CCCC)CCCCC)cc2)cc1. The summed E-state index contributed by atoms with van der Waals surface area (Å²) in [6.07, 6.45) is 12.5. The van der Waals surface area contributed by atoms with Crippen molar-refractivity contribution in [1.82, 2.24) is 20.4 Å². The van der Waals surface area contributed by atoms with E-state index in [1.807, 2.05) is 48.5 Å². The second-order valence-corrected chi connectivity index (χ2v) is 11.5. The van der Waals surface area contributed by atoms with Crippen LogP contribution in [-0.4, -0.2) is 61.4 Å². The van der Waals surface area contributed by atoms with Crippen LogP contribution in [0.3, 0.4) is 0 Å². The first-order valence-electron chi connectivity index (χ1n) is 16.7. The monoisotopic (exact) mass is 594 g/mol. The Balaban J connectivity index is 1.77. The van der Waals surface area contributed by atoms with Crippen LogP contribution in [0.15, 0.2) is 48.5 Å². The van der Waals surface area contributed by atoms with Gasteiger partial charge in [0.05, 0.1) is 13.3 Å². The Labute approximate surface area is 261 Å². The van der Waals surface area contributed by atoms with Crippen molar-refractivity contribution >= 4 is 23.4 Å². The Hall–Kier alpha value is -3.10. The van der Waals surface area contributed by atoms with Gasteiger partial charge in [-0.25, -0.2) is 9.59 Å². The number of anilines is 2. The van der Waals surface area contributed by atoms with Crippen LogP contribution in [0.2, 0.25) is 0 Å². The number of benzene rings is 2. The highest BCUT2D eigenvalue weighted by Gasteiger charge is 2.09. The Morgan fingerprint density at radius 3 is 1.21 bits per heavy atom. The van der Waals surface area contributed by atoms with Gasteiger partial charge in [0.25, 0.3) is 0 Å². The maximum atomic E-state index is 12.5. The molecule has 43 heavy (non-hydrogen) atoms. The lowest BCUT2D eigenvalue weighted by molar-refractivity contribution is 0.224. The Morgan fingerprint density at radius 2 is 0.860 bits per heavy atom. The number of nitrogens with one attached hydrogen (secondary N) is 4. The number of hydrogen-bond donors (Lipinski definition) is 4. The lowest BCUT2D eigenvalue weighted by Crippen LogP contribution is -2.40. The third-order valence-electron chi connectivity index (χ3n) is 7.57. The number of carbonyl (C=O) groups is 2. The molecule has 0 aromatic heterocycles. The van der Waals surface area contributed by atoms with Crippen LogP contribution >= 0.6 is 0 Å². The molecule has 4 N–H and O–H groups in total. The smallest absolute Gasteiger partial charge is 0.320 e. The molecule has 0 unspecified atom stereocenters. The largest absolute Gasteiger partial charge is 0.325 e. The molecule has 8 heteroatoms. The normalized spacial score (nSPS) is 11.1. The van der Waals surface area contributed by atoms with Crippen LogP contribution in [0.1, 0.15) is 103 Å². The minimum atomic E-state index is -0.179. The van der Waals surface area contributed by atoms with Gasteiger partial charge in [-0.3, -0.25) is 9.80 Å². The molecule has 0 spiro atoms. The molecule has 8 nitrogen and oxygen atoms in total. The Bertz CT molecular complexity index is 930. The standard InChI is InChI=1S/C35H58N6O2/c1-5-9-13-25-40(23-11-7-3)28-36-34(42)38-32-19-15-30(16-20-32)27-31-17-21-33(22-18-31)39-35(43)37-29-41(24-12-8-4)26-14-10-6-2/h15-22H,5-14,23-29H2,1-4H3,(H2,36,38,42)(H2,37,39,43). The van der Waals surface area contributed by atoms with Gasteiger partial charge in [-0.1, -0.05) is 90.5 Å². The summed E-state index contributed by atoms with van der Waals surface area (Å²) in [5.41, 5.74) is 3.86. The minimum absolute atomic E-state index is 0.179. The first-order chi connectivity index (χ1) is 21.0. The zero-order valence-electron chi connectivity index (χ0n) is 27.4. The lowest BCUT2D eigenvalue weighted by atomic mass is 10.0. The van der Waals surface area contributed by atoms with Crippen LogP contribution in [0.5, 0.6) is 0 Å². The average Bonchev–Trinajstić information content (AvgIpc) is 3.01. The van der Waals surface area contributed by atoms with Crippen LogP contribution in [0.4, 0.5) is 21.0 Å². The molecule has 0 saturated heterocycles. The van der Waals surface area contributed by atoms with E-state index in [0.29, 0.717) is 13.3 Å². The Morgan fingerprint density at radius 1 is 0.512 bits per heavy atom. The van der Waals surface area contributed by atoms with E-state index < -0.39 is 0 Å². The van der Waals surface area contributed by atoms with Crippen molar-refractivity contribution in [3.63, 3.8) is 0 Å². The van der Waals surface area contributed by atoms with Gasteiger partial charge in [-0.05, 0) is 93.7 Å². The molecule has 0 aliphatic heterocycles. The number of urea groups is 2. The quantitative estimate of drug-likeness (QED) is 0.0821. The van der Waals surface area contributed by atoms with Gasteiger partial charge < -0.3 is 21.3 Å². The van der Waals surface area contributed by atoms with Crippen LogP contribution in [0, 0.1) is 0 Å². The van der Waals surface area contributed by atoms with Crippen molar-refractivity contribution in [2.24, 2.45) is 0 Å². The van der Waals surface area contributed by atoms with E-state index in [4.69, 9.17) is 0 Å². The summed E-state index contributed by atoms with van der Waals surface area (Å²) < 4.78 is 0. The minimum Gasteiger partial charge on any atom is -0.325 e. The van der Waals surface area contributed by atoms with Gasteiger partial charge in [-0.15, -0.1) is 0 Å². The number of hydrogen-bond acceptors (Lipinski definition) is 4. The van der Waals surface area contributed by atoms with Gasteiger partial charge in [-0.2, -0.15) is 0 Å². The molecular formula is C35H58N6O2. The molecule has 2 aromatic carbocycles. The fourth-order valence-electron chi connectivity index (χ4n) is 4.84. The van der Waals surface area contributed by atoms with Gasteiger partial charge in [0.2, 0.25) is 0 Å². The van der Waals surface area contributed by atoms with Gasteiger partial charge in [0, 0.05) is 11.4 Å². The fourth-order valence-corrected chi connectivity index (χ4v) is 4.84. The first kappa shape index (κ1) is 36.1. The van der Waals surface area contributed by atoms with Crippen LogP contribution < -0.4 is 21.3 Å². The molecule has 0 saturated carbocycles. The molecule has 0 fully saturated rings. The van der Waals surface area contributed by atoms with E-state index in [-0.39, 0.29) is 12.1 Å². The van der Waals surface area contributed by atoms with Crippen molar-refractivity contribution in [1.29, 1.82) is 0 Å². The molecular weight excluding hydrogens is 536 g/mol. The summed E-state index contributed by atoms with van der Waals surface area (Å²) in [5, 5.41) is 11.9. The van der Waals surface area contributed by atoms with E-state index in [9.17, 15) is 9.59 Å². The molecule has 2 rings (SSSR count). The fraction of sp³-hybridized carbons (Fsp3) is 0.600. The molecule has 0 aliphatic carbocycles. The highest BCUT2D eigenvalue weighted by Crippen LogP contribution is 2.16. The maximum absolute atomic E-state index is 12.5. The van der Waals surface area contributed by atoms with E-state index in [1.165, 1.54) is 25.7 Å². The van der Waals surface area contributed by atoms with Crippen molar-refractivity contribution < 1.29 is 9.59 Å². The second-order valence-electron chi connectivity index (χ2n) is 11.5. The third-order valence-corrected chi connectivity index (χ3v) is 7.57. The average molecular weight is 595 g/mol. The summed E-state index contributed by atoms with van der Waals surface area (Å²) >= 11 is 0. The zero-order valence-corrected chi connectivity index (χ0v) is 27.4. The summed E-state index contributed by atoms with van der Waals surface area (Å²) in [6.45, 7) is 14.0. The highest BCUT2D eigenvalue weighted by atomic mass is 16.2. The number of rotatable bonds is 22. The summed E-state index contributed by atoms with van der Waals surface area (Å²) in [5.74, 6) is 0. The van der Waals surface area contributed by atoms with Crippen molar-refractivity contribution in [3.05, 3.63) is 59.7 Å². The molecule has 0 heterocycles. The van der Waals surface area contributed by atoms with Crippen LogP contribution in [0.25, 0.3) is 0 Å². The first-order valence-corrected chi connectivity index (χ1v) is 16.7. The topological polar surface area (TPSA) is 88.7 Å². The van der Waals surface area contributed by atoms with Gasteiger partial charge in [0.15, 0.2) is 0 Å². The van der Waals surface area contributed by atoms with E-state index in [0.717, 1.165) is 93.6 Å². The molecule has 0 atom stereocenters. The second kappa shape index (κ2) is 22.4. The van der Waals surface area contributed by atoms with E-state index in [2.05, 4.69) is 58.8 Å². The number of unbranched alkanes of at least 4 members (excludes halogenated alkanes) is 6. The van der Waals surface area contributed by atoms with E-state index >= 15 is 0 Å². The predicted octanol–water partition coefficient (Wildman–Crippen LogP) is 8.02. The van der Waals surface area contributed by atoms with Gasteiger partial charge >= 0.3 is 12.1 Å². The third kappa shape index (κ3) is 16.4. The molecule has 0 radical (unpaired) electrons.